The van der Waals surface area contributed by atoms with Crippen molar-refractivity contribution in [2.24, 2.45) is 11.8 Å². The molecule has 1 fully saturated rings. The molecule has 0 aliphatic carbocycles. The molecule has 4 rings (SSSR count). The van der Waals surface area contributed by atoms with Gasteiger partial charge >= 0.3 is 0 Å². The molecule has 3 atom stereocenters. The molecule has 1 saturated heterocycles. The number of aryl methyl sites for hydroxylation is 2. The average Bonchev–Trinajstić information content (AvgIpc) is 3.29. The minimum Gasteiger partial charge on any atom is -0.497 e. The Kier molecular flexibility index (Phi) is 5.63. The molecule has 7 nitrogen and oxygen atoms in total. The summed E-state index contributed by atoms with van der Waals surface area (Å²) in [6.07, 6.45) is 0.551. The van der Waals surface area contributed by atoms with E-state index in [4.69, 9.17) is 9.47 Å². The second-order valence-electron chi connectivity index (χ2n) is 9.11. The fourth-order valence-electron chi connectivity index (χ4n) is 5.02. The van der Waals surface area contributed by atoms with Gasteiger partial charge in [0.05, 0.1) is 25.8 Å². The van der Waals surface area contributed by atoms with Crippen LogP contribution in [0.5, 0.6) is 11.5 Å². The first-order chi connectivity index (χ1) is 15.2. The Bertz CT molecular complexity index is 1080. The second-order valence-corrected chi connectivity index (χ2v) is 9.11. The van der Waals surface area contributed by atoms with E-state index in [0.29, 0.717) is 23.6 Å². The zero-order valence-corrected chi connectivity index (χ0v) is 19.5. The van der Waals surface area contributed by atoms with Crippen LogP contribution in [0.2, 0.25) is 0 Å². The first-order valence-corrected chi connectivity index (χ1v) is 10.9. The van der Waals surface area contributed by atoms with Gasteiger partial charge in [-0.25, -0.2) is 0 Å². The van der Waals surface area contributed by atoms with Crippen LogP contribution in [-0.2, 0) is 15.1 Å². The summed E-state index contributed by atoms with van der Waals surface area (Å²) < 4.78 is 10.7. The van der Waals surface area contributed by atoms with Gasteiger partial charge in [0.1, 0.15) is 17.0 Å². The van der Waals surface area contributed by atoms with Crippen LogP contribution in [-0.4, -0.2) is 32.1 Å². The van der Waals surface area contributed by atoms with Crippen molar-refractivity contribution >= 4 is 23.2 Å². The zero-order valence-electron chi connectivity index (χ0n) is 19.5. The minimum absolute atomic E-state index is 0.0236. The van der Waals surface area contributed by atoms with Crippen LogP contribution in [0.1, 0.15) is 37.0 Å². The highest BCUT2D eigenvalue weighted by atomic mass is 16.5. The molecule has 2 aromatic carbocycles. The number of carbonyl (C=O) groups is 2. The zero-order chi connectivity index (χ0) is 23.2. The normalized spacial score (nSPS) is 23.9. The van der Waals surface area contributed by atoms with Crippen molar-refractivity contribution in [2.45, 2.75) is 45.7 Å². The Hall–Kier alpha value is -3.06. The van der Waals surface area contributed by atoms with Crippen molar-refractivity contribution in [1.82, 2.24) is 5.32 Å². The fraction of sp³-hybridized carbons (Fsp3) is 0.440. The molecule has 7 heteroatoms. The maximum atomic E-state index is 13.7. The van der Waals surface area contributed by atoms with Gasteiger partial charge in [0.2, 0.25) is 11.8 Å². The molecule has 0 saturated carbocycles. The van der Waals surface area contributed by atoms with Crippen LogP contribution in [0, 0.1) is 25.7 Å². The van der Waals surface area contributed by atoms with E-state index in [0.717, 1.165) is 22.4 Å². The number of rotatable bonds is 5. The summed E-state index contributed by atoms with van der Waals surface area (Å²) in [5, 5.41) is 9.62. The van der Waals surface area contributed by atoms with E-state index in [1.807, 2.05) is 26.0 Å². The molecule has 0 radical (unpaired) electrons. The number of hydrogen-bond acceptors (Lipinski definition) is 5. The number of methoxy groups -OCH3 is 2. The predicted molar refractivity (Wildman–Crippen MR) is 124 cm³/mol. The predicted octanol–water partition coefficient (Wildman–Crippen LogP) is 3.74. The summed E-state index contributed by atoms with van der Waals surface area (Å²) in [4.78, 5) is 27.2. The first kappa shape index (κ1) is 22.1. The van der Waals surface area contributed by atoms with Crippen LogP contribution in [0.4, 0.5) is 11.4 Å². The Labute approximate surface area is 188 Å². The third kappa shape index (κ3) is 3.41. The second kappa shape index (κ2) is 8.13. The fourth-order valence-corrected chi connectivity index (χ4v) is 5.02. The number of ether oxygens (including phenoxy) is 2. The lowest BCUT2D eigenvalue weighted by Crippen LogP contribution is -2.52. The first-order valence-electron chi connectivity index (χ1n) is 10.9. The van der Waals surface area contributed by atoms with Gasteiger partial charge in [-0.1, -0.05) is 31.5 Å². The van der Waals surface area contributed by atoms with Crippen molar-refractivity contribution in [2.75, 3.05) is 24.9 Å². The Morgan fingerprint density at radius 2 is 1.91 bits per heavy atom. The van der Waals surface area contributed by atoms with Gasteiger partial charge in [0, 0.05) is 23.4 Å². The minimum atomic E-state index is -1.11. The van der Waals surface area contributed by atoms with E-state index in [9.17, 15) is 9.59 Å². The Morgan fingerprint density at radius 1 is 1.16 bits per heavy atom. The van der Waals surface area contributed by atoms with Gasteiger partial charge in [0.15, 0.2) is 0 Å². The monoisotopic (exact) mass is 437 g/mol. The third-order valence-corrected chi connectivity index (χ3v) is 6.71. The summed E-state index contributed by atoms with van der Waals surface area (Å²) in [6.45, 7) is 8.20. The summed E-state index contributed by atoms with van der Waals surface area (Å²) in [7, 11) is 3.12. The largest absolute Gasteiger partial charge is 0.497 e. The van der Waals surface area contributed by atoms with Gasteiger partial charge < -0.3 is 20.1 Å². The molecule has 2 aromatic rings. The van der Waals surface area contributed by atoms with E-state index in [2.05, 4.69) is 29.8 Å². The summed E-state index contributed by atoms with van der Waals surface area (Å²) >= 11 is 0. The topological polar surface area (TPSA) is 88.7 Å². The molecule has 2 heterocycles. The van der Waals surface area contributed by atoms with Crippen LogP contribution < -0.4 is 25.4 Å². The highest BCUT2D eigenvalue weighted by molar-refractivity contribution is 6.11. The maximum Gasteiger partial charge on any atom is 0.250 e. The van der Waals surface area contributed by atoms with Gasteiger partial charge in [-0.05, 0) is 43.9 Å². The van der Waals surface area contributed by atoms with E-state index in [-0.39, 0.29) is 23.8 Å². The highest BCUT2D eigenvalue weighted by Crippen LogP contribution is 2.49. The maximum absolute atomic E-state index is 13.7. The van der Waals surface area contributed by atoms with Gasteiger partial charge in [0.25, 0.3) is 0 Å². The standard InChI is InChI=1S/C25H31N3O4/c1-13(2)19-12-18(23(29)26-20-11-16(31-5)7-8-21(20)32-6)25(28-19)17-10-14(3)9-15(4)22(17)27-24(25)30/h7-11,13,18-19,28H,12H2,1-6H3,(H,26,29)(H,27,30)/t18-,19-,25+/m0/s1. The lowest BCUT2D eigenvalue weighted by Gasteiger charge is -2.30. The van der Waals surface area contributed by atoms with Crippen LogP contribution in [0.3, 0.4) is 0 Å². The van der Waals surface area contributed by atoms with Gasteiger partial charge in [-0.15, -0.1) is 0 Å². The molecular formula is C25H31N3O4. The number of nitrogens with one attached hydrogen (secondary N) is 3. The van der Waals surface area contributed by atoms with E-state index in [1.165, 1.54) is 0 Å². The molecule has 2 amide bonds. The van der Waals surface area contributed by atoms with E-state index >= 15 is 0 Å². The van der Waals surface area contributed by atoms with Crippen molar-refractivity contribution in [3.63, 3.8) is 0 Å². The number of amides is 2. The van der Waals surface area contributed by atoms with Crippen molar-refractivity contribution in [3.8, 4) is 11.5 Å². The van der Waals surface area contributed by atoms with Crippen LogP contribution in [0.15, 0.2) is 30.3 Å². The molecule has 2 aliphatic rings. The third-order valence-electron chi connectivity index (χ3n) is 6.71. The SMILES string of the molecule is COc1ccc(OC)c(NC(=O)[C@@H]2C[C@@H](C(C)C)N[C@@]23C(=O)Nc2c(C)cc(C)cc23)c1. The molecule has 1 spiro atoms. The molecule has 0 aromatic heterocycles. The number of carbonyl (C=O) groups excluding carboxylic acids is 2. The highest BCUT2D eigenvalue weighted by Gasteiger charge is 2.60. The molecule has 0 unspecified atom stereocenters. The molecule has 32 heavy (non-hydrogen) atoms. The molecule has 2 aliphatic heterocycles. The van der Waals surface area contributed by atoms with Crippen LogP contribution in [0.25, 0.3) is 0 Å². The number of anilines is 2. The number of hydrogen-bond donors (Lipinski definition) is 3. The van der Waals surface area contributed by atoms with Crippen molar-refractivity contribution < 1.29 is 19.1 Å². The van der Waals surface area contributed by atoms with Gasteiger partial charge in [-0.2, -0.15) is 0 Å². The van der Waals surface area contributed by atoms with Crippen molar-refractivity contribution in [1.29, 1.82) is 0 Å². The smallest absolute Gasteiger partial charge is 0.250 e. The average molecular weight is 438 g/mol. The molecule has 3 N–H and O–H groups in total. The quantitative estimate of drug-likeness (QED) is 0.663. The van der Waals surface area contributed by atoms with E-state index in [1.54, 1.807) is 32.4 Å². The molecule has 170 valence electrons. The van der Waals surface area contributed by atoms with Crippen LogP contribution >= 0.6 is 0 Å². The lowest BCUT2D eigenvalue weighted by atomic mass is 9.78. The van der Waals surface area contributed by atoms with E-state index < -0.39 is 11.5 Å². The Balaban J connectivity index is 1.78. The lowest BCUT2D eigenvalue weighted by molar-refractivity contribution is -0.130. The Morgan fingerprint density at radius 3 is 2.56 bits per heavy atom. The van der Waals surface area contributed by atoms with Crippen molar-refractivity contribution in [3.05, 3.63) is 47.0 Å². The summed E-state index contributed by atoms with van der Waals surface area (Å²) in [5.74, 6) is 0.404. The molecule has 0 bridgehead atoms. The molecular weight excluding hydrogens is 406 g/mol. The van der Waals surface area contributed by atoms with Gasteiger partial charge in [-0.3, -0.25) is 14.9 Å². The number of fused-ring (bicyclic) bond motifs is 2. The summed E-state index contributed by atoms with van der Waals surface area (Å²) in [6, 6.07) is 9.33. The summed E-state index contributed by atoms with van der Waals surface area (Å²) in [5.41, 5.74) is 3.10. The number of benzene rings is 2.